The van der Waals surface area contributed by atoms with Crippen molar-refractivity contribution >= 4 is 30.1 Å². The Bertz CT molecular complexity index is 324. The minimum atomic E-state index is -1.45. The zero-order valence-electron chi connectivity index (χ0n) is 7.87. The third-order valence-electron chi connectivity index (χ3n) is 1.84. The first-order chi connectivity index (χ1) is 6.57. The number of benzene rings is 1. The Morgan fingerprint density at radius 1 is 1.50 bits per heavy atom. The van der Waals surface area contributed by atoms with Gasteiger partial charge < -0.3 is 14.1 Å². The molecule has 0 amide bonds. The number of hydrogen-bond acceptors (Lipinski definition) is 3. The molecule has 0 radical (unpaired) electrons. The first-order valence-corrected chi connectivity index (χ1v) is 4.30. The van der Waals surface area contributed by atoms with Gasteiger partial charge in [0.15, 0.2) is 0 Å². The minimum Gasteiger partial charge on any atom is -0.422 e. The Hall–Kier alpha value is -0.775. The third-order valence-corrected chi connectivity index (χ3v) is 2.01. The summed E-state index contributed by atoms with van der Waals surface area (Å²) in [7, 11) is 1.96. The van der Waals surface area contributed by atoms with Gasteiger partial charge in [0, 0.05) is 31.4 Å². The van der Waals surface area contributed by atoms with E-state index >= 15 is 0 Å². The number of halogens is 2. The van der Waals surface area contributed by atoms with Crippen molar-refractivity contribution in [3.63, 3.8) is 0 Å². The lowest BCUT2D eigenvalue weighted by Crippen LogP contribution is -2.34. The Morgan fingerprint density at radius 2 is 2.14 bits per heavy atom. The molecule has 0 aliphatic heterocycles. The average molecular weight is 217 g/mol. The summed E-state index contributed by atoms with van der Waals surface area (Å²) in [5, 5.41) is 9.20. The zero-order chi connectivity index (χ0) is 10.7. The van der Waals surface area contributed by atoms with Crippen molar-refractivity contribution in [2.45, 2.75) is 0 Å². The van der Waals surface area contributed by atoms with Crippen LogP contribution in [0, 0.1) is 5.82 Å². The molecule has 14 heavy (non-hydrogen) atoms. The lowest BCUT2D eigenvalue weighted by atomic mass is 9.79. The second-order valence-corrected chi connectivity index (χ2v) is 3.19. The number of nitrogens with zero attached hydrogens (tertiary/aromatic N) is 1. The Morgan fingerprint density at radius 3 is 2.64 bits per heavy atom. The van der Waals surface area contributed by atoms with E-state index in [4.69, 9.17) is 11.9 Å². The summed E-state index contributed by atoms with van der Waals surface area (Å²) in [6, 6.07) is 4.63. The molecule has 1 N–H and O–H groups in total. The maximum absolute atomic E-state index is 13.6. The van der Waals surface area contributed by atoms with Gasteiger partial charge in [-0.2, -0.15) is 0 Å². The van der Waals surface area contributed by atoms with Crippen LogP contribution in [-0.2, 0) is 4.21 Å². The van der Waals surface area contributed by atoms with Gasteiger partial charge >= 0.3 is 7.12 Å². The normalized spacial score (nSPS) is 10.1. The topological polar surface area (TPSA) is 32.7 Å². The molecule has 0 unspecified atom stereocenters. The Labute approximate surface area is 87.4 Å². The zero-order valence-corrected chi connectivity index (χ0v) is 8.62. The van der Waals surface area contributed by atoms with Gasteiger partial charge in [0.2, 0.25) is 0 Å². The van der Waals surface area contributed by atoms with Crippen molar-refractivity contribution in [3.05, 3.63) is 24.0 Å². The van der Waals surface area contributed by atoms with E-state index in [9.17, 15) is 9.41 Å². The predicted octanol–water partition coefficient (Wildman–Crippen LogP) is 0.750. The van der Waals surface area contributed by atoms with Gasteiger partial charge in [-0.15, -0.1) is 0 Å². The lowest BCUT2D eigenvalue weighted by Gasteiger charge is -2.15. The van der Waals surface area contributed by atoms with Crippen molar-refractivity contribution in [1.82, 2.24) is 0 Å². The molecule has 1 aromatic carbocycles. The highest BCUT2D eigenvalue weighted by Crippen LogP contribution is 2.14. The smallest absolute Gasteiger partial charge is 0.422 e. The van der Waals surface area contributed by atoms with Crippen molar-refractivity contribution in [3.8, 4) is 0 Å². The molecule has 0 saturated carbocycles. The molecule has 0 bridgehead atoms. The van der Waals surface area contributed by atoms with Crippen molar-refractivity contribution in [2.75, 3.05) is 19.0 Å². The fourth-order valence-corrected chi connectivity index (χ4v) is 1.22. The Balaban J connectivity index is 3.13. The van der Waals surface area contributed by atoms with E-state index in [-0.39, 0.29) is 5.46 Å². The lowest BCUT2D eigenvalue weighted by molar-refractivity contribution is 0.454. The monoisotopic (exact) mass is 217 g/mol. The minimum absolute atomic E-state index is 0.0196. The second kappa shape index (κ2) is 4.64. The Kier molecular flexibility index (Phi) is 3.74. The van der Waals surface area contributed by atoms with Crippen molar-refractivity contribution in [1.29, 1.82) is 0 Å². The van der Waals surface area contributed by atoms with Gasteiger partial charge in [-0.1, -0.05) is 12.1 Å². The number of anilines is 1. The van der Waals surface area contributed by atoms with E-state index in [1.807, 2.05) is 0 Å². The van der Waals surface area contributed by atoms with Crippen LogP contribution in [0.3, 0.4) is 0 Å². The molecule has 0 aliphatic rings. The van der Waals surface area contributed by atoms with Crippen LogP contribution in [-0.4, -0.2) is 26.2 Å². The summed E-state index contributed by atoms with van der Waals surface area (Å²) in [6.07, 6.45) is 0. The van der Waals surface area contributed by atoms with E-state index in [0.29, 0.717) is 5.69 Å². The van der Waals surface area contributed by atoms with Crippen LogP contribution in [0.5, 0.6) is 0 Å². The fourth-order valence-electron chi connectivity index (χ4n) is 1.12. The second-order valence-electron chi connectivity index (χ2n) is 3.02. The highest BCUT2D eigenvalue weighted by molar-refractivity contribution is 6.63. The molecule has 0 spiro atoms. The molecule has 0 fully saturated rings. The van der Waals surface area contributed by atoms with Crippen LogP contribution < -0.4 is 10.4 Å². The van der Waals surface area contributed by atoms with Gasteiger partial charge in [0.05, 0.1) is 5.69 Å². The maximum Gasteiger partial charge on any atom is 0.511 e. The summed E-state index contributed by atoms with van der Waals surface area (Å²) < 4.78 is 17.7. The summed E-state index contributed by atoms with van der Waals surface area (Å²) >= 11 is 4.96. The molecule has 1 rings (SSSR count). The van der Waals surface area contributed by atoms with Crippen LogP contribution in [0.2, 0.25) is 0 Å². The van der Waals surface area contributed by atoms with E-state index < -0.39 is 12.9 Å². The molecule has 0 saturated heterocycles. The quantitative estimate of drug-likeness (QED) is 0.759. The van der Waals surface area contributed by atoms with Gasteiger partial charge in [-0.3, -0.25) is 0 Å². The molecular weight excluding hydrogens is 207 g/mol. The molecule has 76 valence electrons. The highest BCUT2D eigenvalue weighted by Gasteiger charge is 2.22. The van der Waals surface area contributed by atoms with E-state index in [2.05, 4.69) is 4.21 Å². The summed E-state index contributed by atoms with van der Waals surface area (Å²) in [5.74, 6) is -0.536. The summed E-state index contributed by atoms with van der Waals surface area (Å²) in [5.41, 5.74) is 0.390. The summed E-state index contributed by atoms with van der Waals surface area (Å²) in [4.78, 5) is 1.60. The molecule has 0 aromatic heterocycles. The molecule has 6 heteroatoms. The van der Waals surface area contributed by atoms with Crippen molar-refractivity contribution in [2.24, 2.45) is 0 Å². The van der Waals surface area contributed by atoms with Crippen LogP contribution in [0.4, 0.5) is 10.1 Å². The van der Waals surface area contributed by atoms with Gasteiger partial charge in [0.1, 0.15) is 5.82 Å². The largest absolute Gasteiger partial charge is 0.511 e. The third kappa shape index (κ3) is 2.18. The van der Waals surface area contributed by atoms with E-state index in [1.54, 1.807) is 31.1 Å². The van der Waals surface area contributed by atoms with Crippen LogP contribution in [0.25, 0.3) is 0 Å². The molecule has 0 heterocycles. The summed E-state index contributed by atoms with van der Waals surface area (Å²) in [6.45, 7) is 0. The molecular formula is C8H10BClFNO2. The highest BCUT2D eigenvalue weighted by atomic mass is 35.5. The number of rotatable bonds is 3. The first-order valence-electron chi connectivity index (χ1n) is 3.99. The van der Waals surface area contributed by atoms with Gasteiger partial charge in [0.25, 0.3) is 0 Å². The maximum atomic E-state index is 13.6. The van der Waals surface area contributed by atoms with Gasteiger partial charge in [-0.25, -0.2) is 4.39 Å². The molecule has 3 nitrogen and oxygen atoms in total. The van der Waals surface area contributed by atoms with Gasteiger partial charge in [-0.05, 0) is 6.07 Å². The van der Waals surface area contributed by atoms with Crippen LogP contribution in [0.15, 0.2) is 18.2 Å². The molecule has 0 aliphatic carbocycles. The van der Waals surface area contributed by atoms with Crippen LogP contribution in [0.1, 0.15) is 0 Å². The molecule has 0 atom stereocenters. The average Bonchev–Trinajstić information content (AvgIpc) is 2.16. The van der Waals surface area contributed by atoms with E-state index in [0.717, 1.165) is 0 Å². The number of hydrogen-bond donors (Lipinski definition) is 1. The first kappa shape index (κ1) is 11.3. The van der Waals surface area contributed by atoms with Crippen LogP contribution >= 0.6 is 11.9 Å². The molecule has 1 aromatic rings. The fraction of sp³-hybridized carbons (Fsp3) is 0.250. The van der Waals surface area contributed by atoms with E-state index in [1.165, 1.54) is 6.07 Å². The standard InChI is InChI=1S/C8H10BClFNO2/c1-12(2)7-5-3-4-6(8(7)11)9(13)14-10/h3-5,13H,1-2H3. The SMILES string of the molecule is CN(C)c1cccc(B(O)OCl)c1F. The predicted molar refractivity (Wildman–Crippen MR) is 55.3 cm³/mol. The van der Waals surface area contributed by atoms with Crippen molar-refractivity contribution < 1.29 is 13.6 Å².